The minimum absolute atomic E-state index is 0.0495. The molecule has 0 bridgehead atoms. The van der Waals surface area contributed by atoms with E-state index >= 15 is 0 Å². The quantitative estimate of drug-likeness (QED) is 0.832. The van der Waals surface area contributed by atoms with Crippen molar-refractivity contribution in [2.75, 3.05) is 19.8 Å². The molecule has 1 aliphatic rings. The highest BCUT2D eigenvalue weighted by Crippen LogP contribution is 2.12. The predicted molar refractivity (Wildman–Crippen MR) is 67.3 cm³/mol. The minimum atomic E-state index is -1.03. The van der Waals surface area contributed by atoms with Crippen LogP contribution in [0.5, 0.6) is 0 Å². The number of carbonyl (C=O) groups is 2. The van der Waals surface area contributed by atoms with Gasteiger partial charge in [-0.3, -0.25) is 4.79 Å². The highest BCUT2D eigenvalue weighted by atomic mass is 32.1. The lowest BCUT2D eigenvalue weighted by Gasteiger charge is -2.31. The zero-order chi connectivity index (χ0) is 13.0. The zero-order valence-corrected chi connectivity index (χ0v) is 10.4. The van der Waals surface area contributed by atoms with E-state index in [1.54, 1.807) is 6.08 Å². The maximum Gasteiger partial charge on any atom is 0.328 e. The van der Waals surface area contributed by atoms with E-state index in [2.05, 4.69) is 0 Å². The van der Waals surface area contributed by atoms with Crippen molar-refractivity contribution in [2.24, 2.45) is 0 Å². The normalized spacial score (nSPS) is 20.2. The number of carboxylic acids is 1. The van der Waals surface area contributed by atoms with E-state index in [1.165, 1.54) is 22.3 Å². The molecule has 1 aliphatic heterocycles. The van der Waals surface area contributed by atoms with Crippen LogP contribution in [0.3, 0.4) is 0 Å². The molecule has 1 fully saturated rings. The van der Waals surface area contributed by atoms with Crippen molar-refractivity contribution in [2.45, 2.75) is 6.04 Å². The first kappa shape index (κ1) is 12.8. The third-order valence-corrected chi connectivity index (χ3v) is 3.47. The Morgan fingerprint density at radius 1 is 1.56 bits per heavy atom. The van der Waals surface area contributed by atoms with Gasteiger partial charge < -0.3 is 14.7 Å². The van der Waals surface area contributed by atoms with E-state index in [-0.39, 0.29) is 12.5 Å². The fourth-order valence-corrected chi connectivity index (χ4v) is 2.33. The van der Waals surface area contributed by atoms with Gasteiger partial charge in [0, 0.05) is 17.5 Å². The van der Waals surface area contributed by atoms with Gasteiger partial charge in [0.15, 0.2) is 6.04 Å². The van der Waals surface area contributed by atoms with E-state index in [1.807, 2.05) is 17.5 Å². The molecule has 1 aromatic heterocycles. The molecular formula is C12H13NO4S. The molecule has 5 nitrogen and oxygen atoms in total. The summed E-state index contributed by atoms with van der Waals surface area (Å²) in [7, 11) is 0. The van der Waals surface area contributed by atoms with Crippen LogP contribution < -0.4 is 0 Å². The fraction of sp³-hybridized carbons (Fsp3) is 0.333. The van der Waals surface area contributed by atoms with Crippen LogP contribution in [0.4, 0.5) is 0 Å². The van der Waals surface area contributed by atoms with Gasteiger partial charge in [-0.25, -0.2) is 4.79 Å². The number of ether oxygens (including phenoxy) is 1. The van der Waals surface area contributed by atoms with Crippen LogP contribution in [0.1, 0.15) is 4.88 Å². The minimum Gasteiger partial charge on any atom is -0.480 e. The molecule has 0 spiro atoms. The summed E-state index contributed by atoms with van der Waals surface area (Å²) in [5.41, 5.74) is 0. The third-order valence-electron chi connectivity index (χ3n) is 2.63. The second-order valence-corrected chi connectivity index (χ2v) is 4.79. The Balaban J connectivity index is 2.04. The van der Waals surface area contributed by atoms with Crippen LogP contribution in [-0.4, -0.2) is 47.7 Å². The first-order valence-corrected chi connectivity index (χ1v) is 6.39. The van der Waals surface area contributed by atoms with Crippen LogP contribution in [-0.2, 0) is 14.3 Å². The Morgan fingerprint density at radius 2 is 2.39 bits per heavy atom. The second kappa shape index (κ2) is 5.79. The second-order valence-electron chi connectivity index (χ2n) is 3.81. The zero-order valence-electron chi connectivity index (χ0n) is 9.61. The Labute approximate surface area is 108 Å². The highest BCUT2D eigenvalue weighted by molar-refractivity contribution is 7.10. The van der Waals surface area contributed by atoms with Crippen molar-refractivity contribution in [1.29, 1.82) is 0 Å². The number of hydrogen-bond donors (Lipinski definition) is 1. The molecule has 1 atom stereocenters. The molecule has 6 heteroatoms. The van der Waals surface area contributed by atoms with Crippen molar-refractivity contribution in [3.8, 4) is 0 Å². The van der Waals surface area contributed by atoms with Crippen molar-refractivity contribution in [1.82, 2.24) is 4.90 Å². The predicted octanol–water partition coefficient (Wildman–Crippen LogP) is 1.07. The molecular weight excluding hydrogens is 254 g/mol. The molecule has 0 unspecified atom stereocenters. The number of nitrogens with zero attached hydrogens (tertiary/aromatic N) is 1. The number of carboxylic acid groups (broad SMARTS) is 1. The number of carbonyl (C=O) groups excluding carboxylic acids is 1. The Morgan fingerprint density at radius 3 is 3.06 bits per heavy atom. The third kappa shape index (κ3) is 2.96. The lowest BCUT2D eigenvalue weighted by atomic mass is 10.2. The van der Waals surface area contributed by atoms with Crippen molar-refractivity contribution >= 4 is 29.3 Å². The SMILES string of the molecule is O=C(O)[C@@H]1COCCN1C(=O)/C=C\c1cccs1. The summed E-state index contributed by atoms with van der Waals surface area (Å²) in [5, 5.41) is 10.9. The first-order chi connectivity index (χ1) is 8.68. The van der Waals surface area contributed by atoms with Gasteiger partial charge in [0.2, 0.25) is 5.91 Å². The van der Waals surface area contributed by atoms with Crippen LogP contribution in [0, 0.1) is 0 Å². The van der Waals surface area contributed by atoms with E-state index in [0.717, 1.165) is 4.88 Å². The number of aliphatic carboxylic acids is 1. The Hall–Kier alpha value is -1.66. The van der Waals surface area contributed by atoms with Gasteiger partial charge in [-0.05, 0) is 17.5 Å². The topological polar surface area (TPSA) is 66.8 Å². The molecule has 0 saturated carbocycles. The molecule has 1 amide bonds. The van der Waals surface area contributed by atoms with Gasteiger partial charge >= 0.3 is 5.97 Å². The van der Waals surface area contributed by atoms with E-state index < -0.39 is 12.0 Å². The van der Waals surface area contributed by atoms with Crippen LogP contribution in [0.2, 0.25) is 0 Å². The van der Waals surface area contributed by atoms with Gasteiger partial charge in [-0.2, -0.15) is 0 Å². The standard InChI is InChI=1S/C12H13NO4S/c14-11(4-3-9-2-1-7-18-9)13-5-6-17-8-10(13)12(15)16/h1-4,7,10H,5-6,8H2,(H,15,16)/b4-3-/t10-/m0/s1. The number of morpholine rings is 1. The summed E-state index contributed by atoms with van der Waals surface area (Å²) in [4.78, 5) is 25.2. The molecule has 1 aromatic rings. The number of hydrogen-bond acceptors (Lipinski definition) is 4. The first-order valence-electron chi connectivity index (χ1n) is 5.51. The van der Waals surface area contributed by atoms with Gasteiger partial charge in [0.25, 0.3) is 0 Å². The van der Waals surface area contributed by atoms with Crippen LogP contribution in [0.15, 0.2) is 23.6 Å². The largest absolute Gasteiger partial charge is 0.480 e. The maximum absolute atomic E-state index is 11.9. The molecule has 1 saturated heterocycles. The highest BCUT2D eigenvalue weighted by Gasteiger charge is 2.31. The lowest BCUT2D eigenvalue weighted by molar-refractivity contribution is -0.156. The molecule has 1 N–H and O–H groups in total. The summed E-state index contributed by atoms with van der Waals surface area (Å²) in [6, 6.07) is 2.89. The monoisotopic (exact) mass is 267 g/mol. The maximum atomic E-state index is 11.9. The molecule has 2 heterocycles. The smallest absolute Gasteiger partial charge is 0.328 e. The van der Waals surface area contributed by atoms with Crippen molar-refractivity contribution in [3.05, 3.63) is 28.5 Å². The Kier molecular flexibility index (Phi) is 4.11. The number of amides is 1. The van der Waals surface area contributed by atoms with Crippen molar-refractivity contribution in [3.63, 3.8) is 0 Å². The summed E-state index contributed by atoms with van der Waals surface area (Å²) in [6.07, 6.45) is 3.11. The average Bonchev–Trinajstić information content (AvgIpc) is 2.89. The van der Waals surface area contributed by atoms with Crippen molar-refractivity contribution < 1.29 is 19.4 Å². The Bertz CT molecular complexity index is 455. The molecule has 0 aromatic carbocycles. The summed E-state index contributed by atoms with van der Waals surface area (Å²) in [5.74, 6) is -1.33. The van der Waals surface area contributed by atoms with E-state index in [4.69, 9.17) is 9.84 Å². The molecule has 18 heavy (non-hydrogen) atoms. The molecule has 0 radical (unpaired) electrons. The lowest BCUT2D eigenvalue weighted by Crippen LogP contribution is -2.52. The van der Waals surface area contributed by atoms with Gasteiger partial charge in [0.05, 0.1) is 13.2 Å². The van der Waals surface area contributed by atoms with Gasteiger partial charge in [-0.15, -0.1) is 11.3 Å². The molecule has 0 aliphatic carbocycles. The molecule has 2 rings (SSSR count). The fourth-order valence-electron chi connectivity index (χ4n) is 1.71. The van der Waals surface area contributed by atoms with Gasteiger partial charge in [-0.1, -0.05) is 6.07 Å². The summed E-state index contributed by atoms with van der Waals surface area (Å²) < 4.78 is 5.08. The number of thiophene rings is 1. The van der Waals surface area contributed by atoms with E-state index in [9.17, 15) is 9.59 Å². The summed E-state index contributed by atoms with van der Waals surface area (Å²) >= 11 is 1.52. The van der Waals surface area contributed by atoms with Crippen LogP contribution >= 0.6 is 11.3 Å². The van der Waals surface area contributed by atoms with E-state index in [0.29, 0.717) is 13.2 Å². The summed E-state index contributed by atoms with van der Waals surface area (Å²) in [6.45, 7) is 0.737. The average molecular weight is 267 g/mol. The molecule has 96 valence electrons. The number of rotatable bonds is 3. The van der Waals surface area contributed by atoms with Gasteiger partial charge in [0.1, 0.15) is 0 Å². The van der Waals surface area contributed by atoms with Crippen LogP contribution in [0.25, 0.3) is 6.08 Å².